The largest absolute Gasteiger partial charge is 0.493 e. The van der Waals surface area contributed by atoms with E-state index in [1.165, 1.54) is 11.3 Å². The monoisotopic (exact) mass is 276 g/mol. The quantitative estimate of drug-likeness (QED) is 0.784. The lowest BCUT2D eigenvalue weighted by Gasteiger charge is -2.09. The van der Waals surface area contributed by atoms with Crippen LogP contribution in [0.25, 0.3) is 0 Å². The van der Waals surface area contributed by atoms with Gasteiger partial charge in [0.25, 0.3) is 0 Å². The summed E-state index contributed by atoms with van der Waals surface area (Å²) in [5, 5.41) is 1.94. The number of Topliss-reactive ketones (excluding diaryl/α,β-unsaturated/α-hetero) is 1. The van der Waals surface area contributed by atoms with Gasteiger partial charge in [0.15, 0.2) is 17.3 Å². The van der Waals surface area contributed by atoms with Crippen molar-refractivity contribution < 1.29 is 14.3 Å². The Balaban J connectivity index is 2.20. The molecule has 4 heteroatoms. The average Bonchev–Trinajstić information content (AvgIpc) is 2.85. The molecule has 100 valence electrons. The minimum Gasteiger partial charge on any atom is -0.493 e. The number of hydrogen-bond acceptors (Lipinski definition) is 4. The maximum Gasteiger partial charge on any atom is 0.177 e. The highest BCUT2D eigenvalue weighted by atomic mass is 32.1. The van der Waals surface area contributed by atoms with Gasteiger partial charge in [-0.05, 0) is 41.6 Å². The second-order valence-electron chi connectivity index (χ2n) is 4.22. The van der Waals surface area contributed by atoms with E-state index < -0.39 is 0 Å². The van der Waals surface area contributed by atoms with E-state index >= 15 is 0 Å². The van der Waals surface area contributed by atoms with E-state index in [0.717, 1.165) is 16.0 Å². The maximum absolute atomic E-state index is 12.2. The van der Waals surface area contributed by atoms with Gasteiger partial charge in [-0.15, -0.1) is 11.3 Å². The number of rotatable bonds is 5. The fourth-order valence-corrected chi connectivity index (χ4v) is 2.78. The van der Waals surface area contributed by atoms with Gasteiger partial charge in [0.1, 0.15) is 0 Å². The molecule has 0 saturated heterocycles. The molecule has 0 radical (unpaired) electrons. The van der Waals surface area contributed by atoms with Gasteiger partial charge in [-0.1, -0.05) is 6.07 Å². The van der Waals surface area contributed by atoms with Gasteiger partial charge in [-0.25, -0.2) is 0 Å². The van der Waals surface area contributed by atoms with Crippen molar-refractivity contribution >= 4 is 17.1 Å². The molecule has 19 heavy (non-hydrogen) atoms. The van der Waals surface area contributed by atoms with Gasteiger partial charge in [0.05, 0.1) is 19.1 Å². The Labute approximate surface area is 116 Å². The summed E-state index contributed by atoms with van der Waals surface area (Å²) >= 11 is 1.49. The topological polar surface area (TPSA) is 35.5 Å². The molecule has 1 heterocycles. The second kappa shape index (κ2) is 5.89. The highest BCUT2D eigenvalue weighted by Crippen LogP contribution is 2.28. The summed E-state index contributed by atoms with van der Waals surface area (Å²) in [4.78, 5) is 13.0. The Hall–Kier alpha value is -1.81. The van der Waals surface area contributed by atoms with E-state index in [1.807, 2.05) is 36.6 Å². The van der Waals surface area contributed by atoms with Crippen molar-refractivity contribution in [2.24, 2.45) is 0 Å². The van der Waals surface area contributed by atoms with Crippen molar-refractivity contribution in [3.05, 3.63) is 45.6 Å². The van der Waals surface area contributed by atoms with Gasteiger partial charge in [0.2, 0.25) is 0 Å². The number of hydrogen-bond donors (Lipinski definition) is 0. The highest BCUT2D eigenvalue weighted by Gasteiger charge is 2.13. The van der Waals surface area contributed by atoms with Crippen LogP contribution in [-0.2, 0) is 6.42 Å². The normalized spacial score (nSPS) is 10.3. The van der Waals surface area contributed by atoms with Crippen molar-refractivity contribution in [1.29, 1.82) is 0 Å². The lowest BCUT2D eigenvalue weighted by Crippen LogP contribution is -2.03. The van der Waals surface area contributed by atoms with Crippen LogP contribution in [0.2, 0.25) is 0 Å². The smallest absolute Gasteiger partial charge is 0.177 e. The van der Waals surface area contributed by atoms with Crippen molar-refractivity contribution in [2.75, 3.05) is 14.2 Å². The summed E-state index contributed by atoms with van der Waals surface area (Å²) in [6.07, 6.45) is 0.377. The molecule has 1 aromatic carbocycles. The number of aryl methyl sites for hydroxylation is 1. The molecule has 0 aliphatic heterocycles. The van der Waals surface area contributed by atoms with E-state index in [-0.39, 0.29) is 5.78 Å². The SMILES string of the molecule is COc1ccc(CC(=O)c2sccc2C)cc1OC. The molecule has 2 rings (SSSR count). The van der Waals surface area contributed by atoms with Crippen molar-refractivity contribution in [3.8, 4) is 11.5 Å². The zero-order chi connectivity index (χ0) is 13.8. The summed E-state index contributed by atoms with van der Waals surface area (Å²) in [6.45, 7) is 1.96. The first kappa shape index (κ1) is 13.6. The first-order valence-electron chi connectivity index (χ1n) is 5.94. The van der Waals surface area contributed by atoms with Gasteiger partial charge in [-0.2, -0.15) is 0 Å². The number of ether oxygens (including phenoxy) is 2. The third-order valence-corrected chi connectivity index (χ3v) is 3.99. The summed E-state index contributed by atoms with van der Waals surface area (Å²) in [5.41, 5.74) is 1.96. The summed E-state index contributed by atoms with van der Waals surface area (Å²) in [5.74, 6) is 1.46. The van der Waals surface area contributed by atoms with Crippen LogP contribution in [0.3, 0.4) is 0 Å². The number of benzene rings is 1. The number of ketones is 1. The molecule has 3 nitrogen and oxygen atoms in total. The second-order valence-corrected chi connectivity index (χ2v) is 5.14. The zero-order valence-corrected chi connectivity index (χ0v) is 12.0. The van der Waals surface area contributed by atoms with Crippen LogP contribution < -0.4 is 9.47 Å². The summed E-state index contributed by atoms with van der Waals surface area (Å²) < 4.78 is 10.4. The number of carbonyl (C=O) groups is 1. The Morgan fingerprint density at radius 3 is 2.47 bits per heavy atom. The molecule has 0 spiro atoms. The van der Waals surface area contributed by atoms with Crippen LogP contribution in [0.15, 0.2) is 29.6 Å². The highest BCUT2D eigenvalue weighted by molar-refractivity contribution is 7.12. The fourth-order valence-electron chi connectivity index (χ4n) is 1.91. The fraction of sp³-hybridized carbons (Fsp3) is 0.267. The van der Waals surface area contributed by atoms with Crippen LogP contribution in [0.1, 0.15) is 20.8 Å². The van der Waals surface area contributed by atoms with Gasteiger partial charge < -0.3 is 9.47 Å². The predicted octanol–water partition coefficient (Wildman–Crippen LogP) is 3.50. The van der Waals surface area contributed by atoms with Crippen molar-refractivity contribution in [1.82, 2.24) is 0 Å². The standard InChI is InChI=1S/C15H16O3S/c1-10-6-7-19-15(10)12(16)8-11-4-5-13(17-2)14(9-11)18-3/h4-7,9H,8H2,1-3H3. The molecule has 0 saturated carbocycles. The molecule has 2 aromatic rings. The molecule has 0 N–H and O–H groups in total. The molecule has 1 aromatic heterocycles. The molecule has 0 bridgehead atoms. The average molecular weight is 276 g/mol. The van der Waals surface area contributed by atoms with E-state index in [0.29, 0.717) is 17.9 Å². The van der Waals surface area contributed by atoms with Crippen molar-refractivity contribution in [2.45, 2.75) is 13.3 Å². The summed E-state index contributed by atoms with van der Waals surface area (Å²) in [7, 11) is 3.19. The van der Waals surface area contributed by atoms with Crippen LogP contribution in [0.4, 0.5) is 0 Å². The first-order chi connectivity index (χ1) is 9.15. The predicted molar refractivity (Wildman–Crippen MR) is 76.6 cm³/mol. The Bertz CT molecular complexity index is 587. The minimum atomic E-state index is 0.139. The van der Waals surface area contributed by atoms with E-state index in [2.05, 4.69) is 0 Å². The molecular formula is C15H16O3S. The van der Waals surface area contributed by atoms with E-state index in [4.69, 9.17) is 9.47 Å². The number of carbonyl (C=O) groups excluding carboxylic acids is 1. The van der Waals surface area contributed by atoms with Crippen LogP contribution >= 0.6 is 11.3 Å². The maximum atomic E-state index is 12.2. The summed E-state index contributed by atoms with van der Waals surface area (Å²) in [6, 6.07) is 7.52. The molecule has 0 fully saturated rings. The van der Waals surface area contributed by atoms with Crippen LogP contribution in [0.5, 0.6) is 11.5 Å². The first-order valence-corrected chi connectivity index (χ1v) is 6.82. The minimum absolute atomic E-state index is 0.139. The van der Waals surface area contributed by atoms with E-state index in [9.17, 15) is 4.79 Å². The third-order valence-electron chi connectivity index (χ3n) is 2.93. The molecule has 0 aliphatic rings. The van der Waals surface area contributed by atoms with Gasteiger partial charge >= 0.3 is 0 Å². The van der Waals surface area contributed by atoms with Crippen LogP contribution in [-0.4, -0.2) is 20.0 Å². The van der Waals surface area contributed by atoms with Gasteiger partial charge in [-0.3, -0.25) is 4.79 Å². The Morgan fingerprint density at radius 1 is 1.16 bits per heavy atom. The third kappa shape index (κ3) is 2.96. The van der Waals surface area contributed by atoms with E-state index in [1.54, 1.807) is 14.2 Å². The number of methoxy groups -OCH3 is 2. The van der Waals surface area contributed by atoms with Crippen molar-refractivity contribution in [3.63, 3.8) is 0 Å². The lowest BCUT2D eigenvalue weighted by atomic mass is 10.1. The number of thiophene rings is 1. The van der Waals surface area contributed by atoms with Gasteiger partial charge in [0, 0.05) is 6.42 Å². The molecular weight excluding hydrogens is 260 g/mol. The molecule has 0 atom stereocenters. The zero-order valence-electron chi connectivity index (χ0n) is 11.2. The Morgan fingerprint density at radius 2 is 1.89 bits per heavy atom. The molecule has 0 amide bonds. The lowest BCUT2D eigenvalue weighted by molar-refractivity contribution is 0.0996. The van der Waals surface area contributed by atoms with Crippen LogP contribution in [0, 0.1) is 6.92 Å². The molecule has 0 aliphatic carbocycles. The molecule has 0 unspecified atom stereocenters. The Kier molecular flexibility index (Phi) is 4.22.